The lowest BCUT2D eigenvalue weighted by Crippen LogP contribution is -2.28. The smallest absolute Gasteiger partial charge is 0.231 e. The number of benzene rings is 1. The van der Waals surface area contributed by atoms with Gasteiger partial charge in [0.2, 0.25) is 5.91 Å². The molecule has 0 aromatic heterocycles. The predicted octanol–water partition coefficient (Wildman–Crippen LogP) is 0.272. The number of nitriles is 1. The van der Waals surface area contributed by atoms with E-state index in [0.29, 0.717) is 6.54 Å². The number of hydrogen-bond acceptors (Lipinski definition) is 3. The summed E-state index contributed by atoms with van der Waals surface area (Å²) in [5, 5.41) is 11.3. The summed E-state index contributed by atoms with van der Waals surface area (Å²) in [4.78, 5) is 10.4. The fourth-order valence-corrected chi connectivity index (χ4v) is 1.10. The Hall–Kier alpha value is -1.93. The molecule has 0 radical (unpaired) electrons. The van der Waals surface area contributed by atoms with Crippen molar-refractivity contribution in [1.29, 1.82) is 5.26 Å². The molecule has 3 N–H and O–H groups in total. The van der Waals surface area contributed by atoms with Crippen LogP contribution in [0.15, 0.2) is 18.2 Å². The normalized spacial score (nSPS) is 9.60. The molecule has 0 atom stereocenters. The van der Waals surface area contributed by atoms with Gasteiger partial charge in [-0.25, -0.2) is 4.39 Å². The third-order valence-corrected chi connectivity index (χ3v) is 1.78. The quantitative estimate of drug-likeness (QED) is 0.743. The fraction of sp³-hybridized carbons (Fsp3) is 0.200. The maximum Gasteiger partial charge on any atom is 0.231 e. The van der Waals surface area contributed by atoms with Crippen molar-refractivity contribution >= 4 is 5.91 Å². The van der Waals surface area contributed by atoms with Crippen LogP contribution in [0.3, 0.4) is 0 Å². The van der Waals surface area contributed by atoms with Crippen LogP contribution < -0.4 is 11.1 Å². The predicted molar refractivity (Wildman–Crippen MR) is 52.0 cm³/mol. The minimum atomic E-state index is -0.545. The molecule has 0 aliphatic heterocycles. The molecule has 1 aromatic rings. The molecule has 4 nitrogen and oxygen atoms in total. The van der Waals surface area contributed by atoms with Gasteiger partial charge in [-0.05, 0) is 17.7 Å². The molecule has 15 heavy (non-hydrogen) atoms. The molecule has 0 saturated carbocycles. The molecular formula is C10H10FN3O. The molecule has 5 heteroatoms. The van der Waals surface area contributed by atoms with E-state index in [4.69, 9.17) is 11.0 Å². The highest BCUT2D eigenvalue weighted by molar-refractivity contribution is 5.75. The molecule has 0 bridgehead atoms. The highest BCUT2D eigenvalue weighted by Crippen LogP contribution is 2.08. The Morgan fingerprint density at radius 2 is 2.33 bits per heavy atom. The SMILES string of the molecule is N#Cc1cc(CNCC(N)=O)ccc1F. The van der Waals surface area contributed by atoms with Gasteiger partial charge in [-0.1, -0.05) is 6.07 Å². The van der Waals surface area contributed by atoms with Gasteiger partial charge in [-0.15, -0.1) is 0 Å². The van der Waals surface area contributed by atoms with Crippen molar-refractivity contribution in [3.8, 4) is 6.07 Å². The minimum Gasteiger partial charge on any atom is -0.369 e. The summed E-state index contributed by atoms with van der Waals surface area (Å²) in [5.74, 6) is -1.01. The Morgan fingerprint density at radius 1 is 1.60 bits per heavy atom. The van der Waals surface area contributed by atoms with Crippen molar-refractivity contribution < 1.29 is 9.18 Å². The number of halogens is 1. The van der Waals surface area contributed by atoms with Crippen molar-refractivity contribution in [1.82, 2.24) is 5.32 Å². The third kappa shape index (κ3) is 3.37. The molecule has 78 valence electrons. The van der Waals surface area contributed by atoms with Crippen LogP contribution in [0.5, 0.6) is 0 Å². The van der Waals surface area contributed by atoms with Crippen LogP contribution in [-0.4, -0.2) is 12.5 Å². The van der Waals surface area contributed by atoms with Gasteiger partial charge in [-0.2, -0.15) is 5.26 Å². The molecule has 0 fully saturated rings. The Balaban J connectivity index is 2.63. The second-order valence-electron chi connectivity index (χ2n) is 3.00. The first-order chi connectivity index (χ1) is 7.13. The summed E-state index contributed by atoms with van der Waals surface area (Å²) in [6.45, 7) is 0.428. The van der Waals surface area contributed by atoms with Crippen LogP contribution in [0.2, 0.25) is 0 Å². The molecule has 0 saturated heterocycles. The summed E-state index contributed by atoms with van der Waals surface area (Å²) >= 11 is 0. The van der Waals surface area contributed by atoms with Crippen molar-refractivity contribution in [2.24, 2.45) is 5.73 Å². The standard InChI is InChI=1S/C10H10FN3O/c11-9-2-1-7(3-8(9)4-12)5-14-6-10(13)15/h1-3,14H,5-6H2,(H2,13,15). The van der Waals surface area contributed by atoms with Crippen molar-refractivity contribution in [2.45, 2.75) is 6.54 Å². The maximum absolute atomic E-state index is 12.9. The number of carbonyl (C=O) groups is 1. The van der Waals surface area contributed by atoms with Gasteiger partial charge in [0.1, 0.15) is 11.9 Å². The number of nitrogens with zero attached hydrogens (tertiary/aromatic N) is 1. The molecule has 1 amide bonds. The highest BCUT2D eigenvalue weighted by Gasteiger charge is 2.02. The number of primary amides is 1. The number of amides is 1. The van der Waals surface area contributed by atoms with Crippen molar-refractivity contribution in [2.75, 3.05) is 6.54 Å². The van der Waals surface area contributed by atoms with Gasteiger partial charge in [0.15, 0.2) is 0 Å². The zero-order valence-electron chi connectivity index (χ0n) is 7.96. The van der Waals surface area contributed by atoms with Crippen LogP contribution in [0.1, 0.15) is 11.1 Å². The fourth-order valence-electron chi connectivity index (χ4n) is 1.10. The number of carbonyl (C=O) groups excluding carboxylic acids is 1. The summed E-state index contributed by atoms with van der Waals surface area (Å²) in [6, 6.07) is 5.94. The number of rotatable bonds is 4. The average Bonchev–Trinajstić information content (AvgIpc) is 2.20. The van der Waals surface area contributed by atoms with Crippen LogP contribution in [-0.2, 0) is 11.3 Å². The topological polar surface area (TPSA) is 78.9 Å². The zero-order chi connectivity index (χ0) is 11.3. The lowest BCUT2D eigenvalue weighted by molar-refractivity contribution is -0.117. The maximum atomic E-state index is 12.9. The second kappa shape index (κ2) is 5.08. The Kier molecular flexibility index (Phi) is 3.77. The molecule has 0 spiro atoms. The first kappa shape index (κ1) is 11.1. The van der Waals surface area contributed by atoms with E-state index < -0.39 is 11.7 Å². The van der Waals surface area contributed by atoms with Gasteiger partial charge in [0, 0.05) is 6.54 Å². The summed E-state index contributed by atoms with van der Waals surface area (Å²) in [5.41, 5.74) is 5.65. The van der Waals surface area contributed by atoms with E-state index in [1.165, 1.54) is 12.1 Å². The van der Waals surface area contributed by atoms with Gasteiger partial charge in [0.25, 0.3) is 0 Å². The Morgan fingerprint density at radius 3 is 2.93 bits per heavy atom. The number of nitrogens with two attached hydrogens (primary N) is 1. The number of hydrogen-bond donors (Lipinski definition) is 2. The molecule has 0 unspecified atom stereocenters. The lowest BCUT2D eigenvalue weighted by Gasteiger charge is -2.03. The van der Waals surface area contributed by atoms with E-state index in [2.05, 4.69) is 5.32 Å². The van der Waals surface area contributed by atoms with E-state index in [-0.39, 0.29) is 12.1 Å². The summed E-state index contributed by atoms with van der Waals surface area (Å²) in [7, 11) is 0. The molecule has 0 heterocycles. The minimum absolute atomic E-state index is 0.00613. The van der Waals surface area contributed by atoms with Crippen LogP contribution >= 0.6 is 0 Å². The molecule has 1 aromatic carbocycles. The van der Waals surface area contributed by atoms with E-state index in [0.717, 1.165) is 5.56 Å². The van der Waals surface area contributed by atoms with E-state index in [1.807, 2.05) is 0 Å². The van der Waals surface area contributed by atoms with Crippen molar-refractivity contribution in [3.05, 3.63) is 35.1 Å². The van der Waals surface area contributed by atoms with E-state index in [1.54, 1.807) is 12.1 Å². The molecule has 1 rings (SSSR count). The van der Waals surface area contributed by atoms with Crippen LogP contribution in [0.4, 0.5) is 4.39 Å². The van der Waals surface area contributed by atoms with Gasteiger partial charge >= 0.3 is 0 Å². The van der Waals surface area contributed by atoms with Crippen molar-refractivity contribution in [3.63, 3.8) is 0 Å². The second-order valence-corrected chi connectivity index (χ2v) is 3.00. The third-order valence-electron chi connectivity index (χ3n) is 1.78. The lowest BCUT2D eigenvalue weighted by atomic mass is 10.1. The van der Waals surface area contributed by atoms with E-state index in [9.17, 15) is 9.18 Å². The van der Waals surface area contributed by atoms with Gasteiger partial charge in [0.05, 0.1) is 12.1 Å². The zero-order valence-corrected chi connectivity index (χ0v) is 7.96. The monoisotopic (exact) mass is 207 g/mol. The Labute approximate surface area is 86.5 Å². The van der Waals surface area contributed by atoms with Crippen LogP contribution in [0.25, 0.3) is 0 Å². The Bertz CT molecular complexity index is 412. The first-order valence-corrected chi connectivity index (χ1v) is 4.31. The molecule has 0 aliphatic carbocycles. The average molecular weight is 207 g/mol. The number of nitrogens with one attached hydrogen (secondary N) is 1. The summed E-state index contributed by atoms with van der Waals surface area (Å²) in [6.07, 6.45) is 0. The first-order valence-electron chi connectivity index (χ1n) is 4.31. The van der Waals surface area contributed by atoms with E-state index >= 15 is 0 Å². The van der Waals surface area contributed by atoms with Gasteiger partial charge < -0.3 is 11.1 Å². The molecular weight excluding hydrogens is 197 g/mol. The molecule has 0 aliphatic rings. The largest absolute Gasteiger partial charge is 0.369 e. The highest BCUT2D eigenvalue weighted by atomic mass is 19.1. The summed E-state index contributed by atoms with van der Waals surface area (Å²) < 4.78 is 12.9. The van der Waals surface area contributed by atoms with Crippen LogP contribution in [0, 0.1) is 17.1 Å². The van der Waals surface area contributed by atoms with Gasteiger partial charge in [-0.3, -0.25) is 4.79 Å².